The number of carbonyl (C=O) groups is 2. The summed E-state index contributed by atoms with van der Waals surface area (Å²) in [4.78, 5) is 26.2. The van der Waals surface area contributed by atoms with E-state index in [1.165, 1.54) is 31.7 Å². The van der Waals surface area contributed by atoms with Gasteiger partial charge in [-0.2, -0.15) is 0 Å². The maximum Gasteiger partial charge on any atom is 0.343 e. The Bertz CT molecular complexity index is 1560. The summed E-state index contributed by atoms with van der Waals surface area (Å²) < 4.78 is 7.01. The van der Waals surface area contributed by atoms with E-state index in [0.29, 0.717) is 29.1 Å². The van der Waals surface area contributed by atoms with Crippen molar-refractivity contribution in [2.75, 3.05) is 0 Å². The molecule has 4 atom stereocenters. The Labute approximate surface area is 227 Å². The molecular weight excluding hydrogens is 488 g/mol. The molecule has 3 aliphatic rings. The summed E-state index contributed by atoms with van der Waals surface area (Å²) in [5, 5.41) is 1.27. The first kappa shape index (κ1) is 23.6. The van der Waals surface area contributed by atoms with E-state index in [4.69, 9.17) is 4.74 Å². The van der Waals surface area contributed by atoms with Crippen molar-refractivity contribution in [3.05, 3.63) is 106 Å². The van der Waals surface area contributed by atoms with Gasteiger partial charge >= 0.3 is 5.97 Å². The fourth-order valence-electron chi connectivity index (χ4n) is 7.73. The number of rotatable bonds is 4. The molecule has 0 spiro atoms. The van der Waals surface area contributed by atoms with Crippen LogP contribution in [0.15, 0.2) is 84.4 Å². The lowest BCUT2D eigenvalue weighted by Gasteiger charge is -2.50. The Morgan fingerprint density at radius 2 is 1.82 bits per heavy atom. The summed E-state index contributed by atoms with van der Waals surface area (Å²) in [6.07, 6.45) is 6.32. The van der Waals surface area contributed by atoms with Crippen molar-refractivity contribution in [1.82, 2.24) is 0 Å². The number of thiophene rings is 1. The van der Waals surface area contributed by atoms with E-state index >= 15 is 0 Å². The average molecular weight is 519 g/mol. The van der Waals surface area contributed by atoms with Gasteiger partial charge in [0, 0.05) is 9.58 Å². The first-order valence-electron chi connectivity index (χ1n) is 13.6. The molecule has 4 heteroatoms. The second-order valence-electron chi connectivity index (χ2n) is 11.4. The quantitative estimate of drug-likeness (QED) is 0.155. The second-order valence-corrected chi connectivity index (χ2v) is 12.4. The van der Waals surface area contributed by atoms with E-state index < -0.39 is 0 Å². The van der Waals surface area contributed by atoms with Crippen molar-refractivity contribution in [3.8, 4) is 5.75 Å². The molecule has 3 aromatic carbocycles. The van der Waals surface area contributed by atoms with Crippen LogP contribution in [0.25, 0.3) is 15.7 Å². The standard InChI is InChI=1S/C34H30O3S/c1-34-16-15-27-26-14-12-25(37-33(36)21-7-3-2-4-8-21)17-22(26)11-13-28(27)29(34)18-24(20-35)32(34)31-19-23-9-5-6-10-30(23)38-31/h2-10,12,14,17,19-20,27-29H,11,13,15-16,18H2,1H3/t27-,28-,29+,34+/m1/s1. The maximum atomic E-state index is 12.6. The minimum atomic E-state index is -0.320. The van der Waals surface area contributed by atoms with Gasteiger partial charge in [0.2, 0.25) is 0 Å². The van der Waals surface area contributed by atoms with Crippen LogP contribution >= 0.6 is 11.3 Å². The zero-order valence-corrected chi connectivity index (χ0v) is 22.3. The van der Waals surface area contributed by atoms with Crippen LogP contribution in [-0.2, 0) is 11.2 Å². The van der Waals surface area contributed by atoms with Crippen molar-refractivity contribution in [2.45, 2.75) is 44.9 Å². The predicted octanol–water partition coefficient (Wildman–Crippen LogP) is 8.24. The molecule has 0 amide bonds. The van der Waals surface area contributed by atoms with E-state index in [-0.39, 0.29) is 11.4 Å². The molecule has 0 bridgehead atoms. The van der Waals surface area contributed by atoms with Crippen LogP contribution in [-0.4, -0.2) is 12.3 Å². The molecule has 4 aromatic rings. The summed E-state index contributed by atoms with van der Waals surface area (Å²) in [5.41, 5.74) is 5.63. The van der Waals surface area contributed by atoms with Gasteiger partial charge in [-0.1, -0.05) is 49.4 Å². The Kier molecular flexibility index (Phi) is 5.63. The highest BCUT2D eigenvalue weighted by Gasteiger charge is 2.54. The van der Waals surface area contributed by atoms with Gasteiger partial charge in [0.05, 0.1) is 5.56 Å². The van der Waals surface area contributed by atoms with Crippen molar-refractivity contribution in [3.63, 3.8) is 0 Å². The molecule has 1 saturated carbocycles. The fourth-order valence-corrected chi connectivity index (χ4v) is 9.01. The Morgan fingerprint density at radius 1 is 1.00 bits per heavy atom. The number of fused-ring (bicyclic) bond motifs is 6. The summed E-state index contributed by atoms with van der Waals surface area (Å²) in [5.74, 6) is 1.82. The molecule has 1 fully saturated rings. The van der Waals surface area contributed by atoms with Gasteiger partial charge in [-0.3, -0.25) is 4.79 Å². The van der Waals surface area contributed by atoms with Gasteiger partial charge in [-0.15, -0.1) is 11.3 Å². The number of benzene rings is 3. The van der Waals surface area contributed by atoms with Crippen LogP contribution in [0.1, 0.15) is 64.9 Å². The van der Waals surface area contributed by atoms with E-state index in [9.17, 15) is 9.59 Å². The molecule has 7 rings (SSSR count). The monoisotopic (exact) mass is 518 g/mol. The molecule has 190 valence electrons. The number of allylic oxidation sites excluding steroid dienone is 2. The molecule has 0 aliphatic heterocycles. The zero-order chi connectivity index (χ0) is 25.9. The Balaban J connectivity index is 1.17. The number of aryl methyl sites for hydroxylation is 1. The predicted molar refractivity (Wildman–Crippen MR) is 153 cm³/mol. The SMILES string of the molecule is C[C@]12CC[C@@H]3c4ccc(OC(=O)c5ccccc5)cc4CC[C@H]3[C@@H]1CC(C=O)=C2c1cc2ccccc2s1. The van der Waals surface area contributed by atoms with Crippen LogP contribution in [0.3, 0.4) is 0 Å². The number of hydrogen-bond acceptors (Lipinski definition) is 4. The molecule has 0 unspecified atom stereocenters. The van der Waals surface area contributed by atoms with Gasteiger partial charge < -0.3 is 4.74 Å². The molecule has 1 heterocycles. The van der Waals surface area contributed by atoms with Gasteiger partial charge in [-0.05, 0) is 119 Å². The number of aldehydes is 1. The van der Waals surface area contributed by atoms with Crippen molar-refractivity contribution < 1.29 is 14.3 Å². The van der Waals surface area contributed by atoms with E-state index in [2.05, 4.69) is 49.4 Å². The van der Waals surface area contributed by atoms with Crippen LogP contribution in [0.2, 0.25) is 0 Å². The molecule has 38 heavy (non-hydrogen) atoms. The molecule has 3 aliphatic carbocycles. The Morgan fingerprint density at radius 3 is 2.63 bits per heavy atom. The molecular formula is C34H30O3S. The minimum absolute atomic E-state index is 0.0287. The van der Waals surface area contributed by atoms with Gasteiger partial charge in [0.25, 0.3) is 0 Å². The topological polar surface area (TPSA) is 43.4 Å². The lowest BCUT2D eigenvalue weighted by Crippen LogP contribution is -2.40. The van der Waals surface area contributed by atoms with Crippen molar-refractivity contribution in [2.24, 2.45) is 17.3 Å². The minimum Gasteiger partial charge on any atom is -0.423 e. The first-order valence-corrected chi connectivity index (χ1v) is 14.4. The average Bonchev–Trinajstić information content (AvgIpc) is 3.50. The largest absolute Gasteiger partial charge is 0.423 e. The molecule has 0 radical (unpaired) electrons. The normalized spacial score (nSPS) is 26.0. The maximum absolute atomic E-state index is 12.6. The molecule has 3 nitrogen and oxygen atoms in total. The summed E-state index contributed by atoms with van der Waals surface area (Å²) in [6.45, 7) is 2.42. The number of hydrogen-bond donors (Lipinski definition) is 0. The van der Waals surface area contributed by atoms with Gasteiger partial charge in [-0.25, -0.2) is 4.79 Å². The highest BCUT2D eigenvalue weighted by Crippen LogP contribution is 2.65. The smallest absolute Gasteiger partial charge is 0.343 e. The zero-order valence-electron chi connectivity index (χ0n) is 21.5. The van der Waals surface area contributed by atoms with E-state index in [0.717, 1.165) is 44.0 Å². The number of esters is 1. The fraction of sp³-hybridized carbons (Fsp3) is 0.294. The summed E-state index contributed by atoms with van der Waals surface area (Å²) in [7, 11) is 0. The second kappa shape index (κ2) is 9.06. The molecule has 0 N–H and O–H groups in total. The lowest BCUT2D eigenvalue weighted by atomic mass is 9.54. The Hall–Kier alpha value is -3.50. The number of carbonyl (C=O) groups excluding carboxylic acids is 2. The van der Waals surface area contributed by atoms with E-state index in [1.807, 2.05) is 35.6 Å². The summed E-state index contributed by atoms with van der Waals surface area (Å²) in [6, 6.07) is 26.2. The molecule has 1 aromatic heterocycles. The highest BCUT2D eigenvalue weighted by molar-refractivity contribution is 7.20. The van der Waals surface area contributed by atoms with Crippen LogP contribution in [0.5, 0.6) is 5.75 Å². The highest BCUT2D eigenvalue weighted by atomic mass is 32.1. The van der Waals surface area contributed by atoms with Crippen LogP contribution in [0, 0.1) is 17.3 Å². The lowest BCUT2D eigenvalue weighted by molar-refractivity contribution is -0.105. The summed E-state index contributed by atoms with van der Waals surface area (Å²) >= 11 is 1.83. The van der Waals surface area contributed by atoms with Gasteiger partial charge in [0.15, 0.2) is 0 Å². The van der Waals surface area contributed by atoms with Crippen LogP contribution in [0.4, 0.5) is 0 Å². The van der Waals surface area contributed by atoms with Gasteiger partial charge in [0.1, 0.15) is 12.0 Å². The van der Waals surface area contributed by atoms with Crippen molar-refractivity contribution in [1.29, 1.82) is 0 Å². The molecule has 0 saturated heterocycles. The van der Waals surface area contributed by atoms with Crippen molar-refractivity contribution >= 4 is 39.3 Å². The van der Waals surface area contributed by atoms with Crippen LogP contribution < -0.4 is 4.74 Å². The van der Waals surface area contributed by atoms with E-state index in [1.54, 1.807) is 12.1 Å². The third kappa shape index (κ3) is 3.69. The first-order chi connectivity index (χ1) is 18.5. The third-order valence-corrected chi connectivity index (χ3v) is 10.6. The number of ether oxygens (including phenoxy) is 1. The third-order valence-electron chi connectivity index (χ3n) is 9.45.